The highest BCUT2D eigenvalue weighted by Crippen LogP contribution is 2.26. The highest BCUT2D eigenvalue weighted by Gasteiger charge is 2.13. The second-order valence-electron chi connectivity index (χ2n) is 5.48. The number of hydrogen-bond donors (Lipinski definition) is 2. The van der Waals surface area contributed by atoms with Gasteiger partial charge in [-0.05, 0) is 43.7 Å². The fraction of sp³-hybridized carbons (Fsp3) is 0.222. The van der Waals surface area contributed by atoms with Crippen molar-refractivity contribution < 1.29 is 24.2 Å². The zero-order chi connectivity index (χ0) is 18.4. The van der Waals surface area contributed by atoms with Crippen LogP contribution in [0.4, 0.5) is 10.5 Å². The third-order valence-electron chi connectivity index (χ3n) is 3.12. The van der Waals surface area contributed by atoms with Gasteiger partial charge in [0.05, 0.1) is 22.4 Å². The van der Waals surface area contributed by atoms with Gasteiger partial charge in [-0.3, -0.25) is 5.32 Å². The quantitative estimate of drug-likeness (QED) is 0.785. The van der Waals surface area contributed by atoms with Crippen LogP contribution in [-0.2, 0) is 11.3 Å². The summed E-state index contributed by atoms with van der Waals surface area (Å²) in [6, 6.07) is 11.2. The molecule has 0 unspecified atom stereocenters. The van der Waals surface area contributed by atoms with Crippen molar-refractivity contribution in [3.63, 3.8) is 0 Å². The minimum atomic E-state index is -1.14. The summed E-state index contributed by atoms with van der Waals surface area (Å²) in [5.74, 6) is -0.580. The van der Waals surface area contributed by atoms with Crippen molar-refractivity contribution in [2.75, 3.05) is 5.32 Å². The lowest BCUT2D eigenvalue weighted by atomic mass is 10.2. The van der Waals surface area contributed by atoms with Gasteiger partial charge < -0.3 is 14.6 Å². The average molecular weight is 364 g/mol. The van der Waals surface area contributed by atoms with Crippen molar-refractivity contribution in [1.82, 2.24) is 0 Å². The number of anilines is 1. The lowest BCUT2D eigenvalue weighted by Crippen LogP contribution is -2.16. The predicted molar refractivity (Wildman–Crippen MR) is 94.4 cm³/mol. The first-order chi connectivity index (χ1) is 11.9. The van der Waals surface area contributed by atoms with E-state index in [1.807, 2.05) is 13.8 Å². The monoisotopic (exact) mass is 363 g/mol. The highest BCUT2D eigenvalue weighted by molar-refractivity contribution is 6.32. The molecule has 0 radical (unpaired) electrons. The van der Waals surface area contributed by atoms with Gasteiger partial charge in [-0.2, -0.15) is 0 Å². The van der Waals surface area contributed by atoms with Crippen LogP contribution in [0.25, 0.3) is 0 Å². The largest absolute Gasteiger partial charge is 0.489 e. The summed E-state index contributed by atoms with van der Waals surface area (Å²) >= 11 is 6.13. The zero-order valence-electron chi connectivity index (χ0n) is 13.8. The fourth-order valence-electron chi connectivity index (χ4n) is 2.06. The first-order valence-electron chi connectivity index (χ1n) is 7.58. The van der Waals surface area contributed by atoms with E-state index in [0.717, 1.165) is 0 Å². The van der Waals surface area contributed by atoms with Crippen molar-refractivity contribution in [3.05, 3.63) is 58.6 Å². The van der Waals surface area contributed by atoms with Gasteiger partial charge in [-0.25, -0.2) is 9.59 Å². The Kier molecular flexibility index (Phi) is 6.25. The smallest absolute Gasteiger partial charge is 0.411 e. The number of amides is 1. The van der Waals surface area contributed by atoms with Gasteiger partial charge in [-0.15, -0.1) is 0 Å². The molecule has 0 fully saturated rings. The lowest BCUT2D eigenvalue weighted by Gasteiger charge is -2.13. The summed E-state index contributed by atoms with van der Waals surface area (Å²) in [6.07, 6.45) is -0.757. The van der Waals surface area contributed by atoms with Crippen LogP contribution in [0.5, 0.6) is 5.75 Å². The van der Waals surface area contributed by atoms with Crippen LogP contribution >= 0.6 is 11.6 Å². The molecule has 0 atom stereocenters. The Morgan fingerprint density at radius 1 is 1.20 bits per heavy atom. The van der Waals surface area contributed by atoms with Crippen LogP contribution in [0.2, 0.25) is 5.02 Å². The maximum absolute atomic E-state index is 11.9. The molecule has 0 aliphatic heterocycles. The number of carbonyl (C=O) groups excluding carboxylic acids is 1. The number of benzene rings is 2. The van der Waals surface area contributed by atoms with Crippen molar-refractivity contribution in [3.8, 4) is 5.75 Å². The van der Waals surface area contributed by atoms with Crippen molar-refractivity contribution >= 4 is 29.4 Å². The molecule has 7 heteroatoms. The number of aromatic carboxylic acids is 1. The van der Waals surface area contributed by atoms with Gasteiger partial charge in [0, 0.05) is 0 Å². The van der Waals surface area contributed by atoms with Gasteiger partial charge in [-0.1, -0.05) is 29.8 Å². The van der Waals surface area contributed by atoms with Crippen molar-refractivity contribution in [2.24, 2.45) is 0 Å². The van der Waals surface area contributed by atoms with E-state index in [1.165, 1.54) is 12.1 Å². The standard InChI is InChI=1S/C18H18ClNO5/c1-11(2)25-16-8-7-12(9-14(16)19)10-24-18(23)20-15-6-4-3-5-13(15)17(21)22/h3-9,11H,10H2,1-2H3,(H,20,23)(H,21,22). The average Bonchev–Trinajstić information content (AvgIpc) is 2.55. The van der Waals surface area contributed by atoms with E-state index in [0.29, 0.717) is 16.3 Å². The minimum Gasteiger partial charge on any atom is -0.489 e. The Labute approximate surface area is 150 Å². The number of halogens is 1. The molecule has 2 rings (SSSR count). The SMILES string of the molecule is CC(C)Oc1ccc(COC(=O)Nc2ccccc2C(=O)O)cc1Cl. The number of hydrogen-bond acceptors (Lipinski definition) is 4. The molecule has 25 heavy (non-hydrogen) atoms. The molecule has 2 aromatic carbocycles. The maximum Gasteiger partial charge on any atom is 0.411 e. The molecular weight excluding hydrogens is 346 g/mol. The summed E-state index contributed by atoms with van der Waals surface area (Å²) in [5, 5.41) is 11.9. The molecule has 0 aromatic heterocycles. The third kappa shape index (κ3) is 5.39. The Balaban J connectivity index is 1.96. The molecule has 132 valence electrons. The van der Waals surface area contributed by atoms with Gasteiger partial charge in [0.2, 0.25) is 0 Å². The Morgan fingerprint density at radius 3 is 2.56 bits per heavy atom. The second kappa shape index (κ2) is 8.39. The van der Waals surface area contributed by atoms with E-state index in [4.69, 9.17) is 26.2 Å². The molecule has 6 nitrogen and oxygen atoms in total. The molecule has 1 amide bonds. The van der Waals surface area contributed by atoms with E-state index in [-0.39, 0.29) is 24.0 Å². The van der Waals surface area contributed by atoms with Crippen LogP contribution in [-0.4, -0.2) is 23.3 Å². The van der Waals surface area contributed by atoms with Crippen molar-refractivity contribution in [2.45, 2.75) is 26.6 Å². The molecule has 0 heterocycles. The number of carboxylic acids is 1. The van der Waals surface area contributed by atoms with E-state index < -0.39 is 12.1 Å². The third-order valence-corrected chi connectivity index (χ3v) is 3.42. The van der Waals surface area contributed by atoms with Gasteiger partial charge >= 0.3 is 12.1 Å². The number of ether oxygens (including phenoxy) is 2. The highest BCUT2D eigenvalue weighted by atomic mass is 35.5. The normalized spacial score (nSPS) is 10.4. The number of carbonyl (C=O) groups is 2. The molecule has 0 aliphatic carbocycles. The minimum absolute atomic E-state index is 0.000295. The topological polar surface area (TPSA) is 84.9 Å². The van der Waals surface area contributed by atoms with Crippen molar-refractivity contribution in [1.29, 1.82) is 0 Å². The molecule has 0 bridgehead atoms. The van der Waals surface area contributed by atoms with E-state index >= 15 is 0 Å². The van der Waals surface area contributed by atoms with Gasteiger partial charge in [0.25, 0.3) is 0 Å². The number of rotatable bonds is 6. The number of para-hydroxylation sites is 1. The molecule has 2 N–H and O–H groups in total. The lowest BCUT2D eigenvalue weighted by molar-refractivity contribution is 0.0698. The van der Waals surface area contributed by atoms with E-state index in [9.17, 15) is 9.59 Å². The van der Waals surface area contributed by atoms with Crippen LogP contribution < -0.4 is 10.1 Å². The maximum atomic E-state index is 11.9. The summed E-state index contributed by atoms with van der Waals surface area (Å²) in [6.45, 7) is 3.78. The van der Waals surface area contributed by atoms with Gasteiger partial charge in [0.1, 0.15) is 12.4 Å². The van der Waals surface area contributed by atoms with Crippen LogP contribution in [0, 0.1) is 0 Å². The van der Waals surface area contributed by atoms with Crippen LogP contribution in [0.3, 0.4) is 0 Å². The summed E-state index contributed by atoms with van der Waals surface area (Å²) in [4.78, 5) is 23.0. The summed E-state index contributed by atoms with van der Waals surface area (Å²) < 4.78 is 10.6. The predicted octanol–water partition coefficient (Wildman–Crippen LogP) is 4.57. The molecule has 0 aliphatic rings. The number of carboxylic acid groups (broad SMARTS) is 1. The Hall–Kier alpha value is -2.73. The second-order valence-corrected chi connectivity index (χ2v) is 5.89. The molecule has 0 saturated heterocycles. The molecule has 0 spiro atoms. The summed E-state index contributed by atoms with van der Waals surface area (Å²) in [5.41, 5.74) is 0.833. The molecule has 0 saturated carbocycles. The Morgan fingerprint density at radius 2 is 1.92 bits per heavy atom. The Bertz CT molecular complexity index is 776. The first kappa shape index (κ1) is 18.6. The van der Waals surface area contributed by atoms with Crippen LogP contribution in [0.15, 0.2) is 42.5 Å². The van der Waals surface area contributed by atoms with E-state index in [1.54, 1.807) is 30.3 Å². The first-order valence-corrected chi connectivity index (χ1v) is 7.96. The van der Waals surface area contributed by atoms with E-state index in [2.05, 4.69) is 5.32 Å². The summed E-state index contributed by atoms with van der Waals surface area (Å²) in [7, 11) is 0. The fourth-order valence-corrected chi connectivity index (χ4v) is 2.30. The van der Waals surface area contributed by atoms with Gasteiger partial charge in [0.15, 0.2) is 0 Å². The molecule has 2 aromatic rings. The zero-order valence-corrected chi connectivity index (χ0v) is 14.5. The number of nitrogens with one attached hydrogen (secondary N) is 1. The molecular formula is C18H18ClNO5. The van der Waals surface area contributed by atoms with Crippen LogP contribution in [0.1, 0.15) is 29.8 Å².